The summed E-state index contributed by atoms with van der Waals surface area (Å²) in [6.07, 6.45) is 5.46. The lowest BCUT2D eigenvalue weighted by atomic mass is 10.2. The number of rotatable bonds is 7. The smallest absolute Gasteiger partial charge is 0.264 e. The van der Waals surface area contributed by atoms with Crippen LogP contribution in [0.1, 0.15) is 22.8 Å². The summed E-state index contributed by atoms with van der Waals surface area (Å²) in [5.74, 6) is 0.731. The number of nitrogens with zero attached hydrogens (tertiary/aromatic N) is 3. The Morgan fingerprint density at radius 2 is 2.07 bits per heavy atom. The fraction of sp³-hybridized carbons (Fsp3) is 0.238. The van der Waals surface area contributed by atoms with Gasteiger partial charge in [0.2, 0.25) is 0 Å². The molecule has 7 heteroatoms. The molecule has 28 heavy (non-hydrogen) atoms. The molecule has 0 saturated carbocycles. The number of likely N-dealkylation sites (N-methyl/N-ethyl adjacent to an activating group) is 1. The van der Waals surface area contributed by atoms with Crippen LogP contribution in [0.25, 0.3) is 11.4 Å². The van der Waals surface area contributed by atoms with Crippen LogP contribution in [0, 0.1) is 0 Å². The average molecular weight is 378 g/mol. The van der Waals surface area contributed by atoms with Crippen LogP contribution >= 0.6 is 0 Å². The first-order valence-electron chi connectivity index (χ1n) is 9.05. The Bertz CT molecular complexity index is 1000. The molecule has 3 aromatic rings. The third-order valence-electron chi connectivity index (χ3n) is 4.31. The number of benzene rings is 1. The van der Waals surface area contributed by atoms with Crippen molar-refractivity contribution in [3.63, 3.8) is 0 Å². The molecular formula is C21H22N4O3. The first kappa shape index (κ1) is 19.3. The number of aromatic amines is 1. The van der Waals surface area contributed by atoms with E-state index in [-0.39, 0.29) is 5.56 Å². The second-order valence-corrected chi connectivity index (χ2v) is 6.29. The molecule has 1 N–H and O–H groups in total. The molecule has 2 heterocycles. The number of amides is 1. The largest absolute Gasteiger partial charge is 0.492 e. The normalized spacial score (nSPS) is 10.5. The number of hydrogen-bond acceptors (Lipinski definition) is 5. The summed E-state index contributed by atoms with van der Waals surface area (Å²) in [5.41, 5.74) is 1.37. The van der Waals surface area contributed by atoms with Crippen molar-refractivity contribution in [2.75, 3.05) is 20.2 Å². The van der Waals surface area contributed by atoms with Gasteiger partial charge in [0.1, 0.15) is 23.7 Å². The van der Waals surface area contributed by atoms with Crippen molar-refractivity contribution in [1.29, 1.82) is 0 Å². The molecule has 0 spiro atoms. The van der Waals surface area contributed by atoms with Gasteiger partial charge in [0.05, 0.1) is 6.54 Å². The molecule has 0 aliphatic carbocycles. The monoisotopic (exact) mass is 378 g/mol. The van der Waals surface area contributed by atoms with Crippen LogP contribution in [0.4, 0.5) is 0 Å². The second kappa shape index (κ2) is 8.94. The molecule has 0 saturated heterocycles. The molecule has 0 fully saturated rings. The van der Waals surface area contributed by atoms with Crippen molar-refractivity contribution in [3.8, 4) is 17.1 Å². The summed E-state index contributed by atoms with van der Waals surface area (Å²) in [6, 6.07) is 11.4. The van der Waals surface area contributed by atoms with E-state index in [1.807, 2.05) is 24.3 Å². The van der Waals surface area contributed by atoms with Crippen molar-refractivity contribution in [2.24, 2.45) is 0 Å². The van der Waals surface area contributed by atoms with Crippen LogP contribution in [0.15, 0.2) is 59.8 Å². The summed E-state index contributed by atoms with van der Waals surface area (Å²) in [7, 11) is 1.63. The summed E-state index contributed by atoms with van der Waals surface area (Å²) in [4.78, 5) is 37.1. The highest BCUT2D eigenvalue weighted by Gasteiger charge is 2.17. The molecule has 3 rings (SSSR count). The van der Waals surface area contributed by atoms with Gasteiger partial charge in [-0.25, -0.2) is 4.98 Å². The van der Waals surface area contributed by atoms with E-state index >= 15 is 0 Å². The van der Waals surface area contributed by atoms with Crippen molar-refractivity contribution in [1.82, 2.24) is 19.9 Å². The van der Waals surface area contributed by atoms with Crippen LogP contribution in [0.2, 0.25) is 0 Å². The van der Waals surface area contributed by atoms with Gasteiger partial charge in [0, 0.05) is 31.2 Å². The Morgan fingerprint density at radius 1 is 1.21 bits per heavy atom. The first-order valence-corrected chi connectivity index (χ1v) is 9.05. The van der Waals surface area contributed by atoms with E-state index in [4.69, 9.17) is 4.74 Å². The number of carbonyl (C=O) groups excluding carboxylic acids is 1. The maximum absolute atomic E-state index is 12.6. The molecule has 0 aliphatic heterocycles. The highest BCUT2D eigenvalue weighted by Crippen LogP contribution is 2.14. The fourth-order valence-corrected chi connectivity index (χ4v) is 2.66. The predicted octanol–water partition coefficient (Wildman–Crippen LogP) is 2.55. The summed E-state index contributed by atoms with van der Waals surface area (Å²) in [6.45, 7) is 2.75. The zero-order valence-electron chi connectivity index (χ0n) is 15.9. The van der Waals surface area contributed by atoms with Crippen LogP contribution in [-0.4, -0.2) is 46.0 Å². The van der Waals surface area contributed by atoms with E-state index in [0.717, 1.165) is 12.2 Å². The maximum atomic E-state index is 12.6. The van der Waals surface area contributed by atoms with Gasteiger partial charge in [-0.1, -0.05) is 19.1 Å². The number of nitrogens with one attached hydrogen (secondary N) is 1. The molecule has 0 atom stereocenters. The number of aromatic nitrogens is 3. The first-order chi connectivity index (χ1) is 13.6. The van der Waals surface area contributed by atoms with Crippen molar-refractivity contribution >= 4 is 5.91 Å². The SMILES string of the molecule is CCc1cccc(OCCN(C)C(=O)c2cnc(-c3cccnc3)[nH]c2=O)c1. The van der Waals surface area contributed by atoms with Crippen molar-refractivity contribution < 1.29 is 9.53 Å². The zero-order valence-corrected chi connectivity index (χ0v) is 15.9. The van der Waals surface area contributed by atoms with Gasteiger partial charge in [0.15, 0.2) is 0 Å². The maximum Gasteiger partial charge on any atom is 0.264 e. The molecule has 144 valence electrons. The molecule has 1 aromatic carbocycles. The standard InChI is InChI=1S/C21H22N4O3/c1-3-15-6-4-8-17(12-15)28-11-10-25(2)21(27)18-14-23-19(24-20(18)26)16-7-5-9-22-13-16/h4-9,12-14H,3,10-11H2,1-2H3,(H,23,24,26). The predicted molar refractivity (Wildman–Crippen MR) is 106 cm³/mol. The molecule has 1 amide bonds. The Morgan fingerprint density at radius 3 is 2.79 bits per heavy atom. The number of hydrogen-bond donors (Lipinski definition) is 1. The number of pyridine rings is 1. The van der Waals surface area contributed by atoms with Crippen LogP contribution in [-0.2, 0) is 6.42 Å². The van der Waals surface area contributed by atoms with Crippen LogP contribution < -0.4 is 10.3 Å². The zero-order chi connectivity index (χ0) is 19.9. The lowest BCUT2D eigenvalue weighted by Crippen LogP contribution is -2.34. The topological polar surface area (TPSA) is 88.2 Å². The summed E-state index contributed by atoms with van der Waals surface area (Å²) >= 11 is 0. The Balaban J connectivity index is 1.62. The van der Waals surface area contributed by atoms with Gasteiger partial charge in [0.25, 0.3) is 11.5 Å². The minimum Gasteiger partial charge on any atom is -0.492 e. The van der Waals surface area contributed by atoms with Crippen LogP contribution in [0.5, 0.6) is 5.75 Å². The third-order valence-corrected chi connectivity index (χ3v) is 4.31. The van der Waals surface area contributed by atoms with Gasteiger partial charge in [-0.2, -0.15) is 0 Å². The number of aryl methyl sites for hydroxylation is 1. The highest BCUT2D eigenvalue weighted by molar-refractivity contribution is 5.93. The van der Waals surface area contributed by atoms with E-state index in [1.54, 1.807) is 31.6 Å². The Kier molecular flexibility index (Phi) is 6.16. The second-order valence-electron chi connectivity index (χ2n) is 6.29. The summed E-state index contributed by atoms with van der Waals surface area (Å²) in [5, 5.41) is 0. The van der Waals surface area contributed by atoms with Crippen molar-refractivity contribution in [3.05, 3.63) is 76.5 Å². The molecule has 7 nitrogen and oxygen atoms in total. The number of ether oxygens (including phenoxy) is 1. The highest BCUT2D eigenvalue weighted by atomic mass is 16.5. The van der Waals surface area contributed by atoms with Gasteiger partial charge in [-0.3, -0.25) is 14.6 Å². The molecule has 2 aromatic heterocycles. The summed E-state index contributed by atoms with van der Waals surface area (Å²) < 4.78 is 5.71. The molecule has 0 radical (unpaired) electrons. The molecule has 0 bridgehead atoms. The van der Waals surface area contributed by atoms with Gasteiger partial charge in [-0.05, 0) is 36.2 Å². The Labute approximate surface area is 163 Å². The lowest BCUT2D eigenvalue weighted by molar-refractivity contribution is 0.0771. The van der Waals surface area contributed by atoms with Crippen molar-refractivity contribution in [2.45, 2.75) is 13.3 Å². The van der Waals surface area contributed by atoms with Crippen LogP contribution in [0.3, 0.4) is 0 Å². The van der Waals surface area contributed by atoms with E-state index in [9.17, 15) is 9.59 Å². The quantitative estimate of drug-likeness (QED) is 0.683. The minimum absolute atomic E-state index is 0.0110. The van der Waals surface area contributed by atoms with E-state index in [2.05, 4.69) is 21.9 Å². The molecular weight excluding hydrogens is 356 g/mol. The molecule has 0 aliphatic rings. The number of carbonyl (C=O) groups is 1. The Hall–Kier alpha value is -3.48. The fourth-order valence-electron chi connectivity index (χ4n) is 2.66. The minimum atomic E-state index is -0.484. The van der Waals surface area contributed by atoms with E-state index < -0.39 is 11.5 Å². The number of H-pyrrole nitrogens is 1. The average Bonchev–Trinajstić information content (AvgIpc) is 2.74. The van der Waals surface area contributed by atoms with E-state index in [0.29, 0.717) is 24.5 Å². The molecule has 0 unspecified atom stereocenters. The van der Waals surface area contributed by atoms with Gasteiger partial charge < -0.3 is 14.6 Å². The lowest BCUT2D eigenvalue weighted by Gasteiger charge is -2.17. The third kappa shape index (κ3) is 4.62. The van der Waals surface area contributed by atoms with Gasteiger partial charge >= 0.3 is 0 Å². The van der Waals surface area contributed by atoms with Gasteiger partial charge in [-0.15, -0.1) is 0 Å². The van der Waals surface area contributed by atoms with E-state index in [1.165, 1.54) is 16.7 Å².